The monoisotopic (exact) mass is 307 g/mol. The zero-order valence-electron chi connectivity index (χ0n) is 14.3. The minimum atomic E-state index is 0.551. The first kappa shape index (κ1) is 14.7. The number of nitrogens with one attached hydrogen (secondary N) is 1. The van der Waals surface area contributed by atoms with Crippen LogP contribution in [0, 0.1) is 17.8 Å². The lowest BCUT2D eigenvalue weighted by Crippen LogP contribution is -2.39. The molecule has 0 bridgehead atoms. The van der Waals surface area contributed by atoms with Crippen LogP contribution in [0.4, 0.5) is 0 Å². The normalized spacial score (nSPS) is 26.9. The molecule has 1 aromatic heterocycles. The summed E-state index contributed by atoms with van der Waals surface area (Å²) in [6.07, 6.45) is 2.51. The van der Waals surface area contributed by atoms with Crippen LogP contribution >= 0.6 is 0 Å². The minimum Gasteiger partial charge on any atom is -0.339 e. The van der Waals surface area contributed by atoms with Gasteiger partial charge >= 0.3 is 0 Å². The summed E-state index contributed by atoms with van der Waals surface area (Å²) >= 11 is 0. The molecule has 0 radical (unpaired) electrons. The van der Waals surface area contributed by atoms with Gasteiger partial charge in [-0.15, -0.1) is 0 Å². The van der Waals surface area contributed by atoms with Crippen molar-refractivity contribution in [3.63, 3.8) is 0 Å². The summed E-state index contributed by atoms with van der Waals surface area (Å²) in [5.41, 5.74) is 5.06. The average molecular weight is 307 g/mol. The van der Waals surface area contributed by atoms with E-state index in [2.05, 4.69) is 50.0 Å². The van der Waals surface area contributed by atoms with Gasteiger partial charge in [0.15, 0.2) is 0 Å². The number of para-hydroxylation sites is 1. The van der Waals surface area contributed by atoms with Gasteiger partial charge < -0.3 is 4.98 Å². The molecule has 2 atom stereocenters. The van der Waals surface area contributed by atoms with Gasteiger partial charge in [0.1, 0.15) is 5.49 Å². The van der Waals surface area contributed by atoms with Gasteiger partial charge in [-0.25, -0.2) is 0 Å². The predicted octanol–water partition coefficient (Wildman–Crippen LogP) is 3.09. The molecule has 1 aliphatic carbocycles. The van der Waals surface area contributed by atoms with Crippen molar-refractivity contribution in [2.24, 2.45) is 27.7 Å². The first-order valence-corrected chi connectivity index (χ1v) is 8.87. The summed E-state index contributed by atoms with van der Waals surface area (Å²) in [5.74, 6) is 1.78. The number of aromatic nitrogens is 1. The van der Waals surface area contributed by atoms with E-state index in [1.807, 2.05) is 0 Å². The highest BCUT2D eigenvalue weighted by Crippen LogP contribution is 2.35. The SMILES string of the molecule is CC1CCC(C(C)C)C2=NCCN=c3[nH]c4ccccc4/c3=C/21. The molecule has 0 saturated heterocycles. The van der Waals surface area contributed by atoms with Crippen molar-refractivity contribution in [2.75, 3.05) is 13.1 Å². The maximum absolute atomic E-state index is 5.02. The molecule has 120 valence electrons. The third kappa shape index (κ3) is 2.34. The molecule has 1 fully saturated rings. The molecule has 1 N–H and O–H groups in total. The fraction of sp³-hybridized carbons (Fsp3) is 0.500. The Balaban J connectivity index is 2.13. The number of hydrogen-bond acceptors (Lipinski definition) is 2. The van der Waals surface area contributed by atoms with Gasteiger partial charge in [-0.3, -0.25) is 9.98 Å². The summed E-state index contributed by atoms with van der Waals surface area (Å²) in [5, 5.41) is 2.61. The van der Waals surface area contributed by atoms with Crippen LogP contribution in [0.15, 0.2) is 34.3 Å². The summed E-state index contributed by atoms with van der Waals surface area (Å²) in [6.45, 7) is 8.61. The molecule has 1 aliphatic heterocycles. The van der Waals surface area contributed by atoms with Crippen LogP contribution in [-0.2, 0) is 0 Å². The van der Waals surface area contributed by atoms with Crippen molar-refractivity contribution in [1.82, 2.24) is 4.98 Å². The van der Waals surface area contributed by atoms with E-state index in [1.165, 1.54) is 40.2 Å². The van der Waals surface area contributed by atoms with Crippen molar-refractivity contribution in [2.45, 2.75) is 33.6 Å². The van der Waals surface area contributed by atoms with Gasteiger partial charge in [-0.05, 0) is 36.3 Å². The van der Waals surface area contributed by atoms with Crippen LogP contribution in [0.1, 0.15) is 33.6 Å². The van der Waals surface area contributed by atoms with Gasteiger partial charge in [-0.2, -0.15) is 0 Å². The van der Waals surface area contributed by atoms with Gasteiger partial charge in [-0.1, -0.05) is 39.0 Å². The van der Waals surface area contributed by atoms with E-state index in [1.54, 1.807) is 0 Å². The Bertz CT molecular complexity index is 885. The molecular formula is C20H25N3. The molecule has 2 aliphatic rings. The molecule has 1 aromatic carbocycles. The second-order valence-corrected chi connectivity index (χ2v) is 7.29. The van der Waals surface area contributed by atoms with Crippen molar-refractivity contribution in [3.05, 3.63) is 35.0 Å². The molecule has 0 amide bonds. The number of aromatic amines is 1. The van der Waals surface area contributed by atoms with Crippen LogP contribution in [0.5, 0.6) is 0 Å². The molecule has 2 heterocycles. The predicted molar refractivity (Wildman–Crippen MR) is 96.4 cm³/mol. The number of H-pyrrole nitrogens is 1. The summed E-state index contributed by atoms with van der Waals surface area (Å²) in [4.78, 5) is 13.4. The maximum atomic E-state index is 5.02. The Morgan fingerprint density at radius 1 is 1.09 bits per heavy atom. The smallest absolute Gasteiger partial charge is 0.133 e. The molecule has 0 spiro atoms. The van der Waals surface area contributed by atoms with Crippen LogP contribution in [0.3, 0.4) is 0 Å². The van der Waals surface area contributed by atoms with E-state index in [4.69, 9.17) is 9.98 Å². The number of aliphatic imine (C=N–C) groups is 1. The van der Waals surface area contributed by atoms with Crippen LogP contribution in [-0.4, -0.2) is 23.8 Å². The minimum absolute atomic E-state index is 0.551. The molecule has 1 saturated carbocycles. The lowest BCUT2D eigenvalue weighted by atomic mass is 9.72. The Kier molecular flexibility index (Phi) is 3.59. The molecule has 2 unspecified atom stereocenters. The van der Waals surface area contributed by atoms with E-state index in [0.29, 0.717) is 17.8 Å². The Morgan fingerprint density at radius 2 is 1.87 bits per heavy atom. The number of nitrogens with zero attached hydrogens (tertiary/aromatic N) is 2. The fourth-order valence-corrected chi connectivity index (χ4v) is 4.24. The first-order valence-electron chi connectivity index (χ1n) is 8.87. The highest BCUT2D eigenvalue weighted by atomic mass is 14.9. The highest BCUT2D eigenvalue weighted by Gasteiger charge is 2.32. The molecule has 4 rings (SSSR count). The molecule has 3 heteroatoms. The third-order valence-electron chi connectivity index (χ3n) is 5.44. The fourth-order valence-electron chi connectivity index (χ4n) is 4.24. The van der Waals surface area contributed by atoms with E-state index < -0.39 is 0 Å². The molecule has 3 nitrogen and oxygen atoms in total. The zero-order chi connectivity index (χ0) is 16.0. The topological polar surface area (TPSA) is 40.5 Å². The van der Waals surface area contributed by atoms with Gasteiger partial charge in [0.25, 0.3) is 0 Å². The quantitative estimate of drug-likeness (QED) is 0.841. The number of fused-ring (bicyclic) bond motifs is 4. The van der Waals surface area contributed by atoms with Gasteiger partial charge in [0.05, 0.1) is 13.1 Å². The molecule has 2 aromatic rings. The van der Waals surface area contributed by atoms with Gasteiger partial charge in [0, 0.05) is 27.8 Å². The summed E-state index contributed by atoms with van der Waals surface area (Å²) in [6, 6.07) is 8.59. The first-order chi connectivity index (χ1) is 11.2. The Morgan fingerprint density at radius 3 is 2.70 bits per heavy atom. The Hall–Kier alpha value is -1.90. The van der Waals surface area contributed by atoms with Crippen molar-refractivity contribution >= 4 is 22.2 Å². The maximum Gasteiger partial charge on any atom is 0.133 e. The third-order valence-corrected chi connectivity index (χ3v) is 5.44. The number of rotatable bonds is 1. The second kappa shape index (κ2) is 5.63. The van der Waals surface area contributed by atoms with Gasteiger partial charge in [0.2, 0.25) is 0 Å². The van der Waals surface area contributed by atoms with E-state index in [-0.39, 0.29) is 0 Å². The summed E-state index contributed by atoms with van der Waals surface area (Å²) in [7, 11) is 0. The van der Waals surface area contributed by atoms with Crippen LogP contribution < -0.4 is 10.7 Å². The Labute approximate surface area is 137 Å². The second-order valence-electron chi connectivity index (χ2n) is 7.29. The lowest BCUT2D eigenvalue weighted by molar-refractivity contribution is 0.413. The van der Waals surface area contributed by atoms with Crippen molar-refractivity contribution < 1.29 is 0 Å². The average Bonchev–Trinajstić information content (AvgIpc) is 2.86. The van der Waals surface area contributed by atoms with E-state index >= 15 is 0 Å². The van der Waals surface area contributed by atoms with E-state index in [9.17, 15) is 0 Å². The van der Waals surface area contributed by atoms with Crippen molar-refractivity contribution in [1.29, 1.82) is 0 Å². The van der Waals surface area contributed by atoms with Crippen molar-refractivity contribution in [3.8, 4) is 0 Å². The van der Waals surface area contributed by atoms with E-state index in [0.717, 1.165) is 18.6 Å². The number of hydrogen-bond donors (Lipinski definition) is 1. The zero-order valence-corrected chi connectivity index (χ0v) is 14.3. The largest absolute Gasteiger partial charge is 0.339 e. The standard InChI is InChI=1S/C20H25N3/c1-12(2)14-9-8-13(3)17-18-15-6-4-5-7-16(15)23-20(18)22-11-10-21-19(14)17/h4-7,12-14H,8-11H2,1-3H3,(H,22,23)/b18-17-,21-19?. The number of benzene rings is 1. The molecule has 23 heavy (non-hydrogen) atoms. The highest BCUT2D eigenvalue weighted by molar-refractivity contribution is 6.21. The summed E-state index contributed by atoms with van der Waals surface area (Å²) < 4.78 is 0. The van der Waals surface area contributed by atoms with Crippen LogP contribution in [0.2, 0.25) is 0 Å². The molecular weight excluding hydrogens is 282 g/mol. The van der Waals surface area contributed by atoms with Crippen LogP contribution in [0.25, 0.3) is 16.5 Å². The lowest BCUT2D eigenvalue weighted by Gasteiger charge is -2.34.